The van der Waals surface area contributed by atoms with E-state index < -0.39 is 54.0 Å². The van der Waals surface area contributed by atoms with E-state index in [1.165, 1.54) is 31.2 Å². The molecule has 4 rings (SSSR count). The van der Waals surface area contributed by atoms with Crippen LogP contribution in [-0.4, -0.2) is 60.6 Å². The van der Waals surface area contributed by atoms with Crippen LogP contribution in [0.4, 0.5) is 0 Å². The van der Waals surface area contributed by atoms with Gasteiger partial charge in [0.15, 0.2) is 12.2 Å². The Morgan fingerprint density at radius 1 is 0.914 bits per heavy atom. The van der Waals surface area contributed by atoms with E-state index in [1.807, 2.05) is 0 Å². The van der Waals surface area contributed by atoms with Crippen molar-refractivity contribution in [2.45, 2.75) is 37.9 Å². The maximum absolute atomic E-state index is 12.7. The topological polar surface area (TPSA) is 150 Å². The Hall–Kier alpha value is -4.03. The average Bonchev–Trinajstić information content (AvgIpc) is 3.41. The molecule has 0 bridgehead atoms. The van der Waals surface area contributed by atoms with Gasteiger partial charge in [0.2, 0.25) is 0 Å². The highest BCUT2D eigenvalue weighted by Crippen LogP contribution is 2.32. The van der Waals surface area contributed by atoms with Gasteiger partial charge in [-0.05, 0) is 23.8 Å². The van der Waals surface area contributed by atoms with Crippen LogP contribution in [0, 0.1) is 10.1 Å². The second kappa shape index (κ2) is 10.5. The molecule has 2 aromatic carbocycles. The predicted octanol–water partition coefficient (Wildman–Crippen LogP) is 1.87. The fraction of sp³-hybridized carbons (Fsp3) is 0.348. The molecule has 2 fully saturated rings. The number of carbonyl (C=O) groups excluding carboxylic acids is 3. The molecular weight excluding hydrogens is 466 g/mol. The van der Waals surface area contributed by atoms with Crippen LogP contribution in [0.5, 0.6) is 5.75 Å². The van der Waals surface area contributed by atoms with Gasteiger partial charge in [0, 0.05) is 6.92 Å². The number of fused-ring (bicyclic) bond motifs is 1. The lowest BCUT2D eigenvalue weighted by molar-refractivity contribution is -0.763. The Bertz CT molecular complexity index is 1130. The van der Waals surface area contributed by atoms with E-state index in [0.29, 0.717) is 0 Å². The molecule has 0 N–H and O–H groups in total. The first-order chi connectivity index (χ1) is 16.8. The van der Waals surface area contributed by atoms with Crippen molar-refractivity contribution in [1.29, 1.82) is 0 Å². The van der Waals surface area contributed by atoms with Gasteiger partial charge >= 0.3 is 17.9 Å². The van der Waals surface area contributed by atoms with Crippen molar-refractivity contribution in [2.75, 3.05) is 13.2 Å². The highest BCUT2D eigenvalue weighted by atomic mass is 16.9. The molecule has 0 saturated carbocycles. The maximum atomic E-state index is 12.7. The fourth-order valence-corrected chi connectivity index (χ4v) is 3.88. The van der Waals surface area contributed by atoms with Gasteiger partial charge in [-0.2, -0.15) is 0 Å². The zero-order chi connectivity index (χ0) is 24.9. The molecule has 2 aromatic rings. The van der Waals surface area contributed by atoms with Crippen molar-refractivity contribution in [1.82, 2.24) is 0 Å². The van der Waals surface area contributed by atoms with Gasteiger partial charge in [-0.1, -0.05) is 30.3 Å². The number of nitrogens with zero attached hydrogens (tertiary/aromatic N) is 1. The largest absolute Gasteiger partial charge is 0.453 e. The first-order valence-electron chi connectivity index (χ1n) is 10.6. The quantitative estimate of drug-likeness (QED) is 0.232. The molecule has 0 spiro atoms. The van der Waals surface area contributed by atoms with Gasteiger partial charge in [-0.15, -0.1) is 10.1 Å². The molecule has 2 saturated heterocycles. The molecule has 0 amide bonds. The van der Waals surface area contributed by atoms with Crippen LogP contribution in [0.1, 0.15) is 33.2 Å². The molecule has 0 aliphatic carbocycles. The van der Waals surface area contributed by atoms with E-state index in [0.717, 1.165) is 0 Å². The minimum absolute atomic E-state index is 0.00667. The fourth-order valence-electron chi connectivity index (χ4n) is 3.88. The minimum atomic E-state index is -0.948. The second-order valence-corrected chi connectivity index (χ2v) is 7.73. The molecule has 2 aliphatic rings. The standard InChI is InChI=1S/C23H21NO11/c1-13(25)33-17-9-5-4-8-16(17)23(27)35-19-12-31-20-18(11-30-21(19)20)34-22(26)15-7-3-2-6-14(15)10-32-24(28)29/h2-9,18-21H,10-12H2,1H3/t18-,19+,20-,21-/m1/s1. The summed E-state index contributed by atoms with van der Waals surface area (Å²) >= 11 is 0. The molecule has 12 heteroatoms. The number of esters is 3. The van der Waals surface area contributed by atoms with Crippen molar-refractivity contribution >= 4 is 17.9 Å². The predicted molar refractivity (Wildman–Crippen MR) is 114 cm³/mol. The molecule has 184 valence electrons. The average molecular weight is 487 g/mol. The second-order valence-electron chi connectivity index (χ2n) is 7.73. The number of hydrogen-bond donors (Lipinski definition) is 0. The van der Waals surface area contributed by atoms with E-state index in [2.05, 4.69) is 4.84 Å². The van der Waals surface area contributed by atoms with Gasteiger partial charge in [0.25, 0.3) is 5.09 Å². The van der Waals surface area contributed by atoms with E-state index in [1.54, 1.807) is 24.3 Å². The normalized spacial score (nSPS) is 22.7. The molecule has 2 heterocycles. The number of para-hydroxylation sites is 1. The van der Waals surface area contributed by atoms with Crippen LogP contribution in [0.3, 0.4) is 0 Å². The Labute approximate surface area is 198 Å². The highest BCUT2D eigenvalue weighted by molar-refractivity contribution is 5.93. The van der Waals surface area contributed by atoms with Gasteiger partial charge in [-0.3, -0.25) is 4.79 Å². The zero-order valence-electron chi connectivity index (χ0n) is 18.5. The molecule has 0 aromatic heterocycles. The van der Waals surface area contributed by atoms with Crippen molar-refractivity contribution < 1.29 is 48.0 Å². The van der Waals surface area contributed by atoms with Gasteiger partial charge < -0.3 is 28.5 Å². The number of carbonyl (C=O) groups is 3. The number of rotatable bonds is 8. The first kappa shape index (κ1) is 24.1. The Kier molecular flexibility index (Phi) is 7.22. The van der Waals surface area contributed by atoms with Crippen molar-refractivity contribution in [3.8, 4) is 5.75 Å². The van der Waals surface area contributed by atoms with Gasteiger partial charge in [-0.25, -0.2) is 9.59 Å². The molecule has 0 radical (unpaired) electrons. The maximum Gasteiger partial charge on any atom is 0.342 e. The summed E-state index contributed by atoms with van der Waals surface area (Å²) in [5.74, 6) is -1.95. The van der Waals surface area contributed by atoms with Crippen LogP contribution >= 0.6 is 0 Å². The number of ether oxygens (including phenoxy) is 5. The summed E-state index contributed by atoms with van der Waals surface area (Å²) in [7, 11) is 0. The summed E-state index contributed by atoms with van der Waals surface area (Å²) in [4.78, 5) is 51.6. The van der Waals surface area contributed by atoms with Gasteiger partial charge in [0.1, 0.15) is 30.1 Å². The van der Waals surface area contributed by atoms with E-state index in [-0.39, 0.29) is 35.7 Å². The molecule has 2 aliphatic heterocycles. The smallest absolute Gasteiger partial charge is 0.342 e. The monoisotopic (exact) mass is 487 g/mol. The summed E-state index contributed by atoms with van der Waals surface area (Å²) in [6, 6.07) is 12.4. The van der Waals surface area contributed by atoms with Gasteiger partial charge in [0.05, 0.1) is 18.8 Å². The van der Waals surface area contributed by atoms with Crippen LogP contribution in [0.15, 0.2) is 48.5 Å². The molecule has 12 nitrogen and oxygen atoms in total. The first-order valence-corrected chi connectivity index (χ1v) is 10.6. The van der Waals surface area contributed by atoms with Crippen molar-refractivity contribution in [3.63, 3.8) is 0 Å². The lowest BCUT2D eigenvalue weighted by atomic mass is 10.1. The summed E-state index contributed by atoms with van der Waals surface area (Å²) in [5, 5.41) is 9.55. The Balaban J connectivity index is 1.39. The van der Waals surface area contributed by atoms with Crippen LogP contribution in [-0.2, 0) is 35.2 Å². The van der Waals surface area contributed by atoms with Crippen LogP contribution in [0.25, 0.3) is 0 Å². The lowest BCUT2D eigenvalue weighted by Gasteiger charge is -2.18. The third kappa shape index (κ3) is 5.55. The Morgan fingerprint density at radius 3 is 2.06 bits per heavy atom. The van der Waals surface area contributed by atoms with Crippen LogP contribution < -0.4 is 4.74 Å². The summed E-state index contributed by atoms with van der Waals surface area (Å²) in [6.45, 7) is 0.832. The SMILES string of the molecule is CC(=O)Oc1ccccc1C(=O)O[C@H]1CO[C@H]2[C@@H]1OC[C@H]2OC(=O)c1ccccc1CO[N+](=O)[O-]. The highest BCUT2D eigenvalue weighted by Gasteiger charge is 2.51. The van der Waals surface area contributed by atoms with Crippen LogP contribution in [0.2, 0.25) is 0 Å². The van der Waals surface area contributed by atoms with E-state index >= 15 is 0 Å². The molecule has 35 heavy (non-hydrogen) atoms. The molecule has 4 atom stereocenters. The van der Waals surface area contributed by atoms with E-state index in [4.69, 9.17) is 23.7 Å². The van der Waals surface area contributed by atoms with E-state index in [9.17, 15) is 24.5 Å². The zero-order valence-corrected chi connectivity index (χ0v) is 18.5. The third-order valence-electron chi connectivity index (χ3n) is 5.40. The summed E-state index contributed by atoms with van der Waals surface area (Å²) < 4.78 is 27.5. The summed E-state index contributed by atoms with van der Waals surface area (Å²) in [6.07, 6.45) is -2.91. The molecule has 0 unspecified atom stereocenters. The minimum Gasteiger partial charge on any atom is -0.453 e. The molecular formula is C23H21NO11. The van der Waals surface area contributed by atoms with Crippen molar-refractivity contribution in [3.05, 3.63) is 75.3 Å². The van der Waals surface area contributed by atoms with Crippen molar-refractivity contribution in [2.24, 2.45) is 0 Å². The lowest BCUT2D eigenvalue weighted by Crippen LogP contribution is -2.36. The number of hydrogen-bond acceptors (Lipinski definition) is 11. The number of benzene rings is 2. The Morgan fingerprint density at radius 2 is 1.46 bits per heavy atom. The third-order valence-corrected chi connectivity index (χ3v) is 5.40. The summed E-state index contributed by atoms with van der Waals surface area (Å²) in [5.41, 5.74) is 0.469.